The number of aryl methyl sites for hydroxylation is 1. The van der Waals surface area contributed by atoms with Crippen LogP contribution in [0, 0.1) is 5.92 Å². The lowest BCUT2D eigenvalue weighted by atomic mass is 10.0. The number of rotatable bonds is 7. The highest BCUT2D eigenvalue weighted by Gasteiger charge is 2.10. The number of nitrogens with one attached hydrogen (secondary N) is 1. The Morgan fingerprint density at radius 2 is 2.18 bits per heavy atom. The van der Waals surface area contributed by atoms with E-state index in [9.17, 15) is 14.7 Å². The Morgan fingerprint density at radius 3 is 2.86 bits per heavy atom. The lowest BCUT2D eigenvalue weighted by Crippen LogP contribution is -2.31. The minimum absolute atomic E-state index is 0.124. The maximum Gasteiger partial charge on any atom is 0.350 e. The Bertz CT molecular complexity index is 689. The molecule has 120 valence electrons. The van der Waals surface area contributed by atoms with Crippen molar-refractivity contribution in [3.8, 4) is 0 Å². The van der Waals surface area contributed by atoms with E-state index in [2.05, 4.69) is 10.4 Å². The molecule has 2 unspecified atom stereocenters. The second-order valence-electron chi connectivity index (χ2n) is 5.68. The van der Waals surface area contributed by atoms with Crippen molar-refractivity contribution in [2.24, 2.45) is 5.92 Å². The first kappa shape index (κ1) is 16.2. The first-order valence-corrected chi connectivity index (χ1v) is 7.46. The summed E-state index contributed by atoms with van der Waals surface area (Å²) in [5.41, 5.74) is 0.323. The summed E-state index contributed by atoms with van der Waals surface area (Å²) in [6.45, 7) is 4.47. The average Bonchev–Trinajstić information content (AvgIpc) is 2.79. The second-order valence-corrected chi connectivity index (χ2v) is 5.68. The molecule has 7 heteroatoms. The van der Waals surface area contributed by atoms with Crippen molar-refractivity contribution in [3.63, 3.8) is 0 Å². The molecule has 0 radical (unpaired) electrons. The standard InChI is InChI=1S/C15H22N4O3/c1-11(9-12(2)20)10-16-14(21)6-8-19-15(22)18-7-4-3-5-13(18)17-19/h3-5,7,11-12,20H,6,8-10H2,1-2H3,(H,16,21). The number of carbonyl (C=O) groups is 1. The molecule has 1 amide bonds. The maximum atomic E-state index is 12.0. The number of aliphatic hydroxyl groups excluding tert-OH is 1. The number of carbonyl (C=O) groups excluding carboxylic acids is 1. The third-order valence-corrected chi connectivity index (χ3v) is 3.43. The lowest BCUT2D eigenvalue weighted by molar-refractivity contribution is -0.121. The third kappa shape index (κ3) is 4.17. The van der Waals surface area contributed by atoms with Crippen molar-refractivity contribution < 1.29 is 9.90 Å². The SMILES string of the molecule is CC(O)CC(C)CNC(=O)CCn1nc2ccccn2c1=O. The van der Waals surface area contributed by atoms with E-state index in [0.29, 0.717) is 18.6 Å². The minimum Gasteiger partial charge on any atom is -0.393 e. The highest BCUT2D eigenvalue weighted by Crippen LogP contribution is 2.04. The van der Waals surface area contributed by atoms with E-state index < -0.39 is 0 Å². The molecular formula is C15H22N4O3. The van der Waals surface area contributed by atoms with Gasteiger partial charge >= 0.3 is 5.69 Å². The fraction of sp³-hybridized carbons (Fsp3) is 0.533. The van der Waals surface area contributed by atoms with Crippen LogP contribution < -0.4 is 11.0 Å². The van der Waals surface area contributed by atoms with Gasteiger partial charge in [-0.1, -0.05) is 13.0 Å². The zero-order valence-electron chi connectivity index (χ0n) is 12.9. The number of hydrogen-bond acceptors (Lipinski definition) is 4. The summed E-state index contributed by atoms with van der Waals surface area (Å²) in [4.78, 5) is 23.8. The van der Waals surface area contributed by atoms with Crippen molar-refractivity contribution in [1.29, 1.82) is 0 Å². The predicted octanol–water partition coefficient (Wildman–Crippen LogP) is 0.409. The highest BCUT2D eigenvalue weighted by atomic mass is 16.3. The number of hydrogen-bond donors (Lipinski definition) is 2. The Balaban J connectivity index is 1.85. The van der Waals surface area contributed by atoms with Gasteiger partial charge in [-0.2, -0.15) is 0 Å². The van der Waals surface area contributed by atoms with Crippen LogP contribution in [0.4, 0.5) is 0 Å². The second kappa shape index (κ2) is 7.22. The number of aliphatic hydroxyl groups is 1. The molecule has 2 N–H and O–H groups in total. The molecule has 0 aliphatic carbocycles. The van der Waals surface area contributed by atoms with Crippen molar-refractivity contribution in [1.82, 2.24) is 19.5 Å². The van der Waals surface area contributed by atoms with Gasteiger partial charge in [-0.15, -0.1) is 5.10 Å². The third-order valence-electron chi connectivity index (χ3n) is 3.43. The molecule has 0 aromatic carbocycles. The summed E-state index contributed by atoms with van der Waals surface area (Å²) in [6, 6.07) is 5.31. The van der Waals surface area contributed by atoms with Crippen molar-refractivity contribution in [3.05, 3.63) is 34.9 Å². The molecule has 0 spiro atoms. The normalized spacial score (nSPS) is 14.0. The summed E-state index contributed by atoms with van der Waals surface area (Å²) < 4.78 is 2.75. The Labute approximate surface area is 128 Å². The van der Waals surface area contributed by atoms with Gasteiger partial charge in [-0.3, -0.25) is 9.20 Å². The maximum absolute atomic E-state index is 12.0. The van der Waals surface area contributed by atoms with Gasteiger partial charge in [0.1, 0.15) is 0 Å². The van der Waals surface area contributed by atoms with Crippen molar-refractivity contribution in [2.45, 2.75) is 39.3 Å². The van der Waals surface area contributed by atoms with Crippen LogP contribution >= 0.6 is 0 Å². The van der Waals surface area contributed by atoms with Crippen LogP contribution in [0.25, 0.3) is 5.65 Å². The van der Waals surface area contributed by atoms with E-state index in [1.807, 2.05) is 13.0 Å². The van der Waals surface area contributed by atoms with E-state index in [1.54, 1.807) is 25.3 Å². The van der Waals surface area contributed by atoms with Crippen LogP contribution in [-0.2, 0) is 11.3 Å². The molecule has 2 heterocycles. The van der Waals surface area contributed by atoms with Crippen LogP contribution in [0.15, 0.2) is 29.2 Å². The van der Waals surface area contributed by atoms with Crippen LogP contribution in [0.3, 0.4) is 0 Å². The summed E-state index contributed by atoms with van der Waals surface area (Å²) in [6.07, 6.45) is 2.12. The molecule has 22 heavy (non-hydrogen) atoms. The molecule has 7 nitrogen and oxygen atoms in total. The molecule has 0 aliphatic heterocycles. The number of aromatic nitrogens is 3. The fourth-order valence-corrected chi connectivity index (χ4v) is 2.36. The Kier molecular flexibility index (Phi) is 5.32. The predicted molar refractivity (Wildman–Crippen MR) is 82.5 cm³/mol. The van der Waals surface area contributed by atoms with Crippen LogP contribution in [0.5, 0.6) is 0 Å². The fourth-order valence-electron chi connectivity index (χ4n) is 2.36. The van der Waals surface area contributed by atoms with Crippen LogP contribution in [-0.4, -0.2) is 37.8 Å². The van der Waals surface area contributed by atoms with Gasteiger partial charge in [0, 0.05) is 19.2 Å². The van der Waals surface area contributed by atoms with Gasteiger partial charge in [0.15, 0.2) is 5.65 Å². The zero-order valence-corrected chi connectivity index (χ0v) is 12.9. The number of fused-ring (bicyclic) bond motifs is 1. The molecule has 0 saturated heterocycles. The van der Waals surface area contributed by atoms with E-state index in [4.69, 9.17) is 0 Å². The van der Waals surface area contributed by atoms with Gasteiger partial charge in [-0.05, 0) is 31.4 Å². The number of nitrogens with zero attached hydrogens (tertiary/aromatic N) is 3. The quantitative estimate of drug-likeness (QED) is 0.775. The summed E-state index contributed by atoms with van der Waals surface area (Å²) in [5, 5.41) is 16.3. The van der Waals surface area contributed by atoms with Gasteiger partial charge in [0.05, 0.1) is 12.6 Å². The highest BCUT2D eigenvalue weighted by molar-refractivity contribution is 5.75. The average molecular weight is 306 g/mol. The van der Waals surface area contributed by atoms with Crippen molar-refractivity contribution in [2.75, 3.05) is 6.54 Å². The molecule has 0 aliphatic rings. The zero-order chi connectivity index (χ0) is 16.1. The van der Waals surface area contributed by atoms with Gasteiger partial charge in [-0.25, -0.2) is 9.48 Å². The van der Waals surface area contributed by atoms with E-state index in [0.717, 1.165) is 0 Å². The van der Waals surface area contributed by atoms with E-state index in [-0.39, 0.29) is 36.6 Å². The van der Waals surface area contributed by atoms with Gasteiger partial charge in [0.2, 0.25) is 5.91 Å². The minimum atomic E-state index is -0.372. The smallest absolute Gasteiger partial charge is 0.350 e. The Hall–Kier alpha value is -2.15. The molecule has 0 saturated carbocycles. The summed E-state index contributed by atoms with van der Waals surface area (Å²) in [7, 11) is 0. The molecule has 2 aromatic rings. The van der Waals surface area contributed by atoms with E-state index >= 15 is 0 Å². The monoisotopic (exact) mass is 306 g/mol. The van der Waals surface area contributed by atoms with Crippen LogP contribution in [0.1, 0.15) is 26.7 Å². The molecule has 2 atom stereocenters. The summed E-state index contributed by atoms with van der Waals surface area (Å²) in [5.74, 6) is 0.0864. The van der Waals surface area contributed by atoms with E-state index in [1.165, 1.54) is 9.08 Å². The summed E-state index contributed by atoms with van der Waals surface area (Å²) >= 11 is 0. The Morgan fingerprint density at radius 1 is 1.41 bits per heavy atom. The first-order chi connectivity index (χ1) is 10.5. The topological polar surface area (TPSA) is 88.6 Å². The molecule has 2 rings (SSSR count). The van der Waals surface area contributed by atoms with Gasteiger partial charge in [0.25, 0.3) is 0 Å². The number of pyridine rings is 1. The molecule has 2 aromatic heterocycles. The molecular weight excluding hydrogens is 284 g/mol. The largest absolute Gasteiger partial charge is 0.393 e. The van der Waals surface area contributed by atoms with Crippen molar-refractivity contribution >= 4 is 11.6 Å². The number of amides is 1. The molecule has 0 fully saturated rings. The lowest BCUT2D eigenvalue weighted by Gasteiger charge is -2.14. The van der Waals surface area contributed by atoms with Crippen LogP contribution in [0.2, 0.25) is 0 Å². The van der Waals surface area contributed by atoms with Gasteiger partial charge < -0.3 is 10.4 Å². The molecule has 0 bridgehead atoms. The first-order valence-electron chi connectivity index (χ1n) is 7.46.